The predicted octanol–water partition coefficient (Wildman–Crippen LogP) is -11.3. The van der Waals surface area contributed by atoms with E-state index < -0.39 is 89.5 Å². The first kappa shape index (κ1) is 50.9. The number of imidazole rings is 1. The van der Waals surface area contributed by atoms with Crippen LogP contribution in [0.3, 0.4) is 0 Å². The Kier molecular flexibility index (Phi) is 17.8. The van der Waals surface area contributed by atoms with E-state index in [4.69, 9.17) is 10.5 Å². The minimum absolute atomic E-state index is 0. The van der Waals surface area contributed by atoms with E-state index in [2.05, 4.69) is 38.3 Å². The average Bonchev–Trinajstić information content (AvgIpc) is 3.63. The van der Waals surface area contributed by atoms with Gasteiger partial charge < -0.3 is 70.4 Å². The maximum absolute atomic E-state index is 12.5. The summed E-state index contributed by atoms with van der Waals surface area (Å²) in [6, 6.07) is 3.27. The van der Waals surface area contributed by atoms with Crippen LogP contribution >= 0.6 is 15.6 Å². The zero-order valence-corrected chi connectivity index (χ0v) is 36.2. The van der Waals surface area contributed by atoms with Crippen molar-refractivity contribution in [2.24, 2.45) is 0 Å². The SMILES string of the molecule is Cc1cc2nc3c(=O)[nH]c(=O)nc-3n(C[C@H](O)[C@H](O)[C@H](O)COP(=O)([O-])OP(=O)([O-])OC[C@H]3O[C@@H](n4cnc5c(N)ncnc54)[C@H](O)[C@H]3O)c2cc1C.O.O.[Na+].[Na+]. The smallest absolute Gasteiger partial charge is 0.756 e. The number of ether oxygens (including phenoxy) is 1. The van der Waals surface area contributed by atoms with Gasteiger partial charge in [0.15, 0.2) is 29.2 Å². The summed E-state index contributed by atoms with van der Waals surface area (Å²) >= 11 is 0. The molecule has 302 valence electrons. The Balaban J connectivity index is 0.00000280. The molecule has 26 nitrogen and oxygen atoms in total. The molecule has 0 saturated carbocycles. The first-order chi connectivity index (χ1) is 24.9. The number of H-pyrrole nitrogens is 1. The minimum atomic E-state index is -5.85. The number of fused-ring (bicyclic) bond motifs is 3. The molecule has 1 aromatic carbocycles. The molecule has 0 amide bonds. The van der Waals surface area contributed by atoms with Crippen LogP contribution in [0.25, 0.3) is 33.7 Å². The third-order valence-corrected chi connectivity index (χ3v) is 10.9. The summed E-state index contributed by atoms with van der Waals surface area (Å²) in [5, 5.41) is 52.9. The van der Waals surface area contributed by atoms with E-state index in [0.717, 1.165) is 17.5 Å². The number of hydrogen-bond donors (Lipinski definition) is 7. The third-order valence-electron chi connectivity index (χ3n) is 8.38. The first-order valence-electron chi connectivity index (χ1n) is 15.4. The molecule has 0 bridgehead atoms. The van der Waals surface area contributed by atoms with E-state index >= 15 is 0 Å². The van der Waals surface area contributed by atoms with Crippen LogP contribution in [-0.4, -0.2) is 125 Å². The molecule has 1 saturated heterocycles. The van der Waals surface area contributed by atoms with Crippen LogP contribution in [-0.2, 0) is 33.8 Å². The summed E-state index contributed by atoms with van der Waals surface area (Å²) in [7, 11) is -11.6. The van der Waals surface area contributed by atoms with Gasteiger partial charge in [-0.2, -0.15) is 4.98 Å². The quantitative estimate of drug-likeness (QED) is 0.0328. The number of nitrogen functional groups attached to an aromatic ring is 1. The van der Waals surface area contributed by atoms with Gasteiger partial charge in [0.25, 0.3) is 21.2 Å². The van der Waals surface area contributed by atoms with E-state index in [9.17, 15) is 54.0 Å². The van der Waals surface area contributed by atoms with Gasteiger partial charge in [-0.05, 0) is 37.1 Å². The fourth-order valence-corrected chi connectivity index (χ4v) is 7.56. The molecule has 2 unspecified atom stereocenters. The van der Waals surface area contributed by atoms with Crippen molar-refractivity contribution in [3.8, 4) is 11.5 Å². The van der Waals surface area contributed by atoms with Crippen LogP contribution in [0.15, 0.2) is 34.4 Å². The van der Waals surface area contributed by atoms with E-state index in [-0.39, 0.29) is 110 Å². The molecule has 9 atom stereocenters. The van der Waals surface area contributed by atoms with Crippen molar-refractivity contribution < 1.29 is 133 Å². The number of aliphatic hydroxyl groups is 5. The molecule has 12 N–H and O–H groups in total. The van der Waals surface area contributed by atoms with Crippen molar-refractivity contribution in [2.75, 3.05) is 18.9 Å². The Labute approximate surface area is 363 Å². The molecule has 57 heavy (non-hydrogen) atoms. The zero-order valence-electron chi connectivity index (χ0n) is 30.4. The van der Waals surface area contributed by atoms with Gasteiger partial charge in [0.1, 0.15) is 48.5 Å². The fourth-order valence-electron chi connectivity index (χ4n) is 5.54. The van der Waals surface area contributed by atoms with Gasteiger partial charge >= 0.3 is 64.8 Å². The summed E-state index contributed by atoms with van der Waals surface area (Å²) in [6.07, 6.45) is -10.3. The number of rotatable bonds is 13. The van der Waals surface area contributed by atoms with Gasteiger partial charge in [-0.1, -0.05) is 0 Å². The molecular formula is C27H35N9Na2O17P2. The van der Waals surface area contributed by atoms with Gasteiger partial charge in [-0.3, -0.25) is 23.5 Å². The second-order valence-corrected chi connectivity index (χ2v) is 15.0. The molecular weight excluding hydrogens is 830 g/mol. The number of nitrogens with one attached hydrogen (secondary N) is 1. The van der Waals surface area contributed by atoms with E-state index in [1.807, 2.05) is 4.98 Å². The van der Waals surface area contributed by atoms with Crippen molar-refractivity contribution in [3.05, 3.63) is 56.8 Å². The minimum Gasteiger partial charge on any atom is -0.756 e. The van der Waals surface area contributed by atoms with Gasteiger partial charge in [-0.25, -0.2) is 29.0 Å². The number of phosphoric ester groups is 2. The summed E-state index contributed by atoms with van der Waals surface area (Å²) in [6.45, 7) is 0.570. The largest absolute Gasteiger partial charge is 1.00 e. The molecule has 30 heteroatoms. The summed E-state index contributed by atoms with van der Waals surface area (Å²) in [5.74, 6) is -0.243. The molecule has 3 aliphatic heterocycles. The van der Waals surface area contributed by atoms with Crippen LogP contribution in [0.2, 0.25) is 0 Å². The van der Waals surface area contributed by atoms with Crippen LogP contribution in [0.4, 0.5) is 5.82 Å². The van der Waals surface area contributed by atoms with E-state index in [1.54, 1.807) is 26.0 Å². The molecule has 2 aromatic heterocycles. The second kappa shape index (κ2) is 19.9. The van der Waals surface area contributed by atoms with Crippen LogP contribution in [0.1, 0.15) is 17.4 Å². The maximum atomic E-state index is 12.5. The number of nitrogens with two attached hydrogens (primary N) is 1. The van der Waals surface area contributed by atoms with Crippen LogP contribution in [0, 0.1) is 13.8 Å². The fraction of sp³-hybridized carbons (Fsp3) is 0.444. The maximum Gasteiger partial charge on any atom is 1.00 e. The van der Waals surface area contributed by atoms with Crippen molar-refractivity contribution in [1.82, 2.24) is 39.0 Å². The molecule has 0 aliphatic carbocycles. The Morgan fingerprint density at radius 1 is 0.965 bits per heavy atom. The predicted molar refractivity (Wildman–Crippen MR) is 180 cm³/mol. The van der Waals surface area contributed by atoms with Crippen molar-refractivity contribution in [3.63, 3.8) is 0 Å². The Hall–Kier alpha value is -2.21. The molecule has 6 rings (SSSR count). The number of aliphatic hydroxyl groups excluding tert-OH is 5. The summed E-state index contributed by atoms with van der Waals surface area (Å²) in [5.41, 5.74) is 5.97. The van der Waals surface area contributed by atoms with Crippen molar-refractivity contribution >= 4 is 43.7 Å². The number of benzene rings is 1. The topological polar surface area (TPSA) is 432 Å². The zero-order chi connectivity index (χ0) is 38.6. The number of aromatic nitrogens is 8. The third kappa shape index (κ3) is 10.9. The number of aromatic amines is 1. The first-order valence-corrected chi connectivity index (χ1v) is 18.3. The van der Waals surface area contributed by atoms with E-state index in [0.29, 0.717) is 0 Å². The van der Waals surface area contributed by atoms with Crippen molar-refractivity contribution in [1.29, 1.82) is 0 Å². The van der Waals surface area contributed by atoms with Gasteiger partial charge in [0.05, 0.1) is 37.1 Å². The van der Waals surface area contributed by atoms with Gasteiger partial charge in [-0.15, -0.1) is 0 Å². The summed E-state index contributed by atoms with van der Waals surface area (Å²) < 4.78 is 45.7. The normalized spacial score (nSPS) is 21.6. The number of phosphoric acid groups is 2. The van der Waals surface area contributed by atoms with Crippen molar-refractivity contribution in [2.45, 2.75) is 63.2 Å². The second-order valence-electron chi connectivity index (χ2n) is 12.0. The standard InChI is InChI=1S/C27H33N9O15P2.2Na.2H2O/c1-10-3-12-13(4-11(10)2)35(24-18(32-12)25(42)34-27(43)33-24)5-14(37)19(39)15(38)6-48-52(44,45)51-53(46,47)49-7-16-20(40)21(41)26(50-16)36-9-31-17-22(28)29-8-30-23(17)36;;;;/h3-4,8-9,14-16,19-21,26,37-41H,5-7H2,1-2H3,(H,44,45)(H,46,47)(H2,28,29,30)(H,34,42,43);;;2*1H2/q;2*+1;;/p-2/t14-,15+,16+,19-,20-,21+,26+;;;;/m0..../s1. The van der Waals surface area contributed by atoms with Gasteiger partial charge in [0.2, 0.25) is 0 Å². The number of hydrogen-bond acceptors (Lipinski definition) is 21. The Morgan fingerprint density at radius 2 is 1.61 bits per heavy atom. The Bertz CT molecular complexity index is 2370. The monoisotopic (exact) mass is 865 g/mol. The number of anilines is 1. The molecule has 3 aliphatic rings. The van der Waals surface area contributed by atoms with Gasteiger partial charge in [0, 0.05) is 0 Å². The molecule has 0 spiro atoms. The molecule has 1 fully saturated rings. The number of nitrogens with zero attached hydrogens (tertiary/aromatic N) is 7. The number of aryl methyl sites for hydroxylation is 2. The molecule has 0 radical (unpaired) electrons. The molecule has 3 aromatic rings. The van der Waals surface area contributed by atoms with Crippen LogP contribution < -0.4 is 85.9 Å². The van der Waals surface area contributed by atoms with Crippen LogP contribution in [0.5, 0.6) is 0 Å². The molecule has 5 heterocycles. The van der Waals surface area contributed by atoms with E-state index in [1.165, 1.54) is 15.5 Å². The Morgan fingerprint density at radius 3 is 2.30 bits per heavy atom. The average molecular weight is 866 g/mol. The summed E-state index contributed by atoms with van der Waals surface area (Å²) in [4.78, 5) is 71.1.